The van der Waals surface area contributed by atoms with Crippen LogP contribution >= 0.6 is 5.47 Å². The predicted molar refractivity (Wildman–Crippen MR) is 44.2 cm³/mol. The monoisotopic (exact) mass is 170 g/mol. The molecule has 0 spiro atoms. The molecule has 0 aromatic rings. The zero-order valence-electron chi connectivity index (χ0n) is 4.09. The van der Waals surface area contributed by atoms with Gasteiger partial charge in [0.2, 0.25) is 0 Å². The first-order valence-corrected chi connectivity index (χ1v) is 6.94. The smallest absolute Gasteiger partial charge is 0.0108 e. The molecule has 7 heavy (non-hydrogen) atoms. The third kappa shape index (κ3) is 4.82. The third-order valence-electron chi connectivity index (χ3n) is 0.489. The maximum Gasteiger partial charge on any atom is 0.0108 e. The van der Waals surface area contributed by atoms with Gasteiger partial charge in [-0.3, -0.25) is 0 Å². The van der Waals surface area contributed by atoms with Crippen LogP contribution < -0.4 is 0 Å². The predicted octanol–water partition coefficient (Wildman–Crippen LogP) is 1.80. The molecule has 0 amide bonds. The summed E-state index contributed by atoms with van der Waals surface area (Å²) in [5.41, 5.74) is -0.264. The first-order valence-electron chi connectivity index (χ1n) is 2.06. The Bertz CT molecular complexity index is 129. The molecule has 0 N–H and O–H groups in total. The highest BCUT2D eigenvalue weighted by Crippen LogP contribution is 2.04. The van der Waals surface area contributed by atoms with Crippen molar-refractivity contribution in [3.05, 3.63) is 0 Å². The molecule has 0 bridgehead atoms. The summed E-state index contributed by atoms with van der Waals surface area (Å²) in [6.45, 7) is 2.13. The Morgan fingerprint density at radius 3 is 2.43 bits per heavy atom. The van der Waals surface area contributed by atoms with Gasteiger partial charge in [0.15, 0.2) is 0 Å². The van der Waals surface area contributed by atoms with E-state index in [0.717, 1.165) is 6.16 Å². The van der Waals surface area contributed by atoms with Gasteiger partial charge in [0.05, 0.1) is 0 Å². The summed E-state index contributed by atoms with van der Waals surface area (Å²) >= 11 is 9.64. The number of hydrogen-bond acceptors (Lipinski definition) is 2. The van der Waals surface area contributed by atoms with Gasteiger partial charge in [-0.15, -0.1) is 0 Å². The maximum atomic E-state index is 4.96. The van der Waals surface area contributed by atoms with E-state index in [1.165, 1.54) is 15.9 Å². The molecule has 1 unspecified atom stereocenters. The molecule has 0 aromatic heterocycles. The molecule has 4 heteroatoms. The van der Waals surface area contributed by atoms with Crippen molar-refractivity contribution in [2.75, 3.05) is 6.16 Å². The van der Waals surface area contributed by atoms with Crippen LogP contribution in [0, 0.1) is 0 Å². The Balaban J connectivity index is 3.61. The Morgan fingerprint density at radius 1 is 1.71 bits per heavy atom. The highest BCUT2D eigenvalue weighted by Gasteiger charge is 1.73. The van der Waals surface area contributed by atoms with Crippen LogP contribution in [0.4, 0.5) is 0 Å². The quantitative estimate of drug-likeness (QED) is 0.580. The first-order chi connectivity index (χ1) is 3.31. The fraction of sp³-hybridized carbons (Fsp3) is 1.00. The lowest BCUT2D eigenvalue weighted by atomic mass is 10.6. The molecule has 0 fully saturated rings. The Labute approximate surface area is 57.6 Å². The molecule has 0 nitrogen and oxygen atoms in total. The van der Waals surface area contributed by atoms with Gasteiger partial charge in [-0.2, -0.15) is 0 Å². The summed E-state index contributed by atoms with van der Waals surface area (Å²) in [7, 11) is 1.41. The summed E-state index contributed by atoms with van der Waals surface area (Å²) < 4.78 is 0. The lowest BCUT2D eigenvalue weighted by Crippen LogP contribution is -1.61. The minimum atomic E-state index is -0.264. The summed E-state index contributed by atoms with van der Waals surface area (Å²) in [6.07, 6.45) is 2.32. The van der Waals surface area contributed by atoms with Crippen molar-refractivity contribution in [1.29, 1.82) is 0 Å². The van der Waals surface area contributed by atoms with Gasteiger partial charge in [0, 0.05) is 11.6 Å². The average molecular weight is 170 g/mol. The van der Waals surface area contributed by atoms with E-state index in [2.05, 4.69) is 18.1 Å². The molecule has 0 saturated heterocycles. The molecule has 0 aliphatic carbocycles. The van der Waals surface area contributed by atoms with Crippen molar-refractivity contribution in [2.24, 2.45) is 0 Å². The fourth-order valence-electron chi connectivity index (χ4n) is 0.220. The normalized spacial score (nSPS) is 10.7. The second-order valence-electron chi connectivity index (χ2n) is 1.13. The molecule has 0 heterocycles. The van der Waals surface area contributed by atoms with Crippen LogP contribution in [0.25, 0.3) is 0 Å². The highest BCUT2D eigenvalue weighted by molar-refractivity contribution is 8.43. The van der Waals surface area contributed by atoms with Crippen LogP contribution in [-0.2, 0) is 32.5 Å². The van der Waals surface area contributed by atoms with E-state index in [1.807, 2.05) is 0 Å². The van der Waals surface area contributed by atoms with Crippen molar-refractivity contribution in [3.8, 4) is 0 Å². The van der Waals surface area contributed by atoms with Gasteiger partial charge >= 0.3 is 0 Å². The second-order valence-corrected chi connectivity index (χ2v) is 7.52. The van der Waals surface area contributed by atoms with E-state index in [0.29, 0.717) is 0 Å². The zero-order valence-corrected chi connectivity index (χ0v) is 7.43. The van der Waals surface area contributed by atoms with Gasteiger partial charge < -0.3 is 0 Å². The van der Waals surface area contributed by atoms with Crippen LogP contribution in [-0.4, -0.2) is 6.16 Å². The lowest BCUT2D eigenvalue weighted by Gasteiger charge is -1.76. The molecular formula is C3H7PS3. The van der Waals surface area contributed by atoms with E-state index in [1.54, 1.807) is 0 Å². The molecular weight excluding hydrogens is 163 g/mol. The largest absolute Gasteiger partial charge is 0.0647 e. The Hall–Kier alpha value is 0.960. The van der Waals surface area contributed by atoms with Gasteiger partial charge in [0.1, 0.15) is 0 Å². The summed E-state index contributed by atoms with van der Waals surface area (Å²) in [4.78, 5) is 0. The zero-order chi connectivity index (χ0) is 5.70. The van der Waals surface area contributed by atoms with Crippen molar-refractivity contribution in [1.82, 2.24) is 0 Å². The molecule has 0 saturated carbocycles. The topological polar surface area (TPSA) is 0 Å². The standard InChI is InChI=1S/C3H7PS3/c1-2-3-4(5)7-6/h2-3H2,1H3. The molecule has 0 rings (SSSR count). The van der Waals surface area contributed by atoms with Gasteiger partial charge in [-0.05, 0) is 27.1 Å². The van der Waals surface area contributed by atoms with Gasteiger partial charge in [-0.1, -0.05) is 18.7 Å². The SMILES string of the molecule is CCCP(=S)=S=S. The van der Waals surface area contributed by atoms with Crippen molar-refractivity contribution in [3.63, 3.8) is 0 Å². The molecule has 42 valence electrons. The maximum absolute atomic E-state index is 4.96. The van der Waals surface area contributed by atoms with Crippen LogP contribution in [0.1, 0.15) is 13.3 Å². The Kier molecular flexibility index (Phi) is 5.80. The van der Waals surface area contributed by atoms with Crippen LogP contribution in [0.3, 0.4) is 0 Å². The lowest BCUT2D eigenvalue weighted by molar-refractivity contribution is 1.11. The van der Waals surface area contributed by atoms with Crippen LogP contribution in [0.2, 0.25) is 0 Å². The van der Waals surface area contributed by atoms with E-state index >= 15 is 0 Å². The molecule has 1 atom stereocenters. The Morgan fingerprint density at radius 2 is 2.29 bits per heavy atom. The summed E-state index contributed by atoms with van der Waals surface area (Å²) in [5, 5.41) is 0. The van der Waals surface area contributed by atoms with Crippen molar-refractivity contribution < 1.29 is 0 Å². The molecule has 0 aromatic carbocycles. The second kappa shape index (κ2) is 5.10. The van der Waals surface area contributed by atoms with Crippen molar-refractivity contribution >= 4 is 38.0 Å². The first kappa shape index (κ1) is 7.96. The van der Waals surface area contributed by atoms with E-state index in [4.69, 9.17) is 11.8 Å². The molecule has 0 aliphatic rings. The minimum absolute atomic E-state index is 0.264. The number of rotatable bonds is 2. The summed E-state index contributed by atoms with van der Waals surface area (Å²) in [6, 6.07) is 0. The third-order valence-corrected chi connectivity index (χ3v) is 6.20. The van der Waals surface area contributed by atoms with E-state index in [-0.39, 0.29) is 5.47 Å². The highest BCUT2D eigenvalue weighted by atomic mass is 33.0. The summed E-state index contributed by atoms with van der Waals surface area (Å²) in [5.74, 6) is 0. The van der Waals surface area contributed by atoms with Crippen LogP contribution in [0.5, 0.6) is 0 Å². The van der Waals surface area contributed by atoms with Crippen LogP contribution in [0.15, 0.2) is 0 Å². The molecule has 0 aliphatic heterocycles. The van der Waals surface area contributed by atoms with E-state index < -0.39 is 0 Å². The van der Waals surface area contributed by atoms with Gasteiger partial charge in [0.25, 0.3) is 0 Å². The van der Waals surface area contributed by atoms with E-state index in [9.17, 15) is 0 Å². The average Bonchev–Trinajstić information content (AvgIpc) is 1.68. The minimum Gasteiger partial charge on any atom is -0.0647 e. The fourth-order valence-corrected chi connectivity index (χ4v) is 2.65. The van der Waals surface area contributed by atoms with Gasteiger partial charge in [-0.25, -0.2) is 0 Å². The number of hydrogen-bond donors (Lipinski definition) is 0. The van der Waals surface area contributed by atoms with Crippen molar-refractivity contribution in [2.45, 2.75) is 13.3 Å². The molecule has 0 radical (unpaired) electrons.